The summed E-state index contributed by atoms with van der Waals surface area (Å²) in [6.45, 7) is 11.5. The highest BCUT2D eigenvalue weighted by atomic mass is 16.5. The number of rotatable bonds is 9. The van der Waals surface area contributed by atoms with E-state index in [1.807, 2.05) is 13.8 Å². The first kappa shape index (κ1) is 13.9. The van der Waals surface area contributed by atoms with Gasteiger partial charge in [0.15, 0.2) is 0 Å². The van der Waals surface area contributed by atoms with Gasteiger partial charge in [0.1, 0.15) is 0 Å². The zero-order valence-electron chi connectivity index (χ0n) is 10.0. The van der Waals surface area contributed by atoms with Gasteiger partial charge in [0.25, 0.3) is 0 Å². The number of hydrogen-bond acceptors (Lipinski definition) is 3. The van der Waals surface area contributed by atoms with E-state index < -0.39 is 0 Å². The second-order valence-electron chi connectivity index (χ2n) is 3.60. The molecule has 0 aliphatic rings. The van der Waals surface area contributed by atoms with Crippen molar-refractivity contribution >= 4 is 0 Å². The van der Waals surface area contributed by atoms with Gasteiger partial charge in [-0.05, 0) is 27.2 Å². The van der Waals surface area contributed by atoms with Crippen molar-refractivity contribution in [2.45, 2.75) is 46.3 Å². The van der Waals surface area contributed by atoms with Crippen LogP contribution in [0.5, 0.6) is 0 Å². The van der Waals surface area contributed by atoms with Crippen LogP contribution < -0.4 is 5.32 Å². The van der Waals surface area contributed by atoms with E-state index in [1.54, 1.807) is 0 Å². The van der Waals surface area contributed by atoms with Crippen LogP contribution in [0, 0.1) is 0 Å². The highest BCUT2D eigenvalue weighted by Gasteiger charge is 2.01. The molecule has 1 N–H and O–H groups in total. The topological polar surface area (TPSA) is 30.5 Å². The lowest BCUT2D eigenvalue weighted by Crippen LogP contribution is -2.30. The fourth-order valence-electron chi connectivity index (χ4n) is 1.04. The van der Waals surface area contributed by atoms with Gasteiger partial charge in [-0.15, -0.1) is 0 Å². The first-order chi connectivity index (χ1) is 6.70. The Hall–Kier alpha value is -0.120. The molecule has 0 bridgehead atoms. The van der Waals surface area contributed by atoms with Crippen molar-refractivity contribution in [1.29, 1.82) is 0 Å². The van der Waals surface area contributed by atoms with Crippen molar-refractivity contribution in [2.75, 3.05) is 26.4 Å². The Morgan fingerprint density at radius 2 is 1.93 bits per heavy atom. The van der Waals surface area contributed by atoms with Crippen LogP contribution >= 0.6 is 0 Å². The van der Waals surface area contributed by atoms with Gasteiger partial charge in [-0.25, -0.2) is 0 Å². The zero-order chi connectivity index (χ0) is 10.8. The fraction of sp³-hybridized carbons (Fsp3) is 1.00. The molecule has 0 heterocycles. The molecule has 0 radical (unpaired) electrons. The van der Waals surface area contributed by atoms with Gasteiger partial charge in [-0.2, -0.15) is 0 Å². The molecule has 0 fully saturated rings. The Morgan fingerprint density at radius 1 is 1.21 bits per heavy atom. The van der Waals surface area contributed by atoms with E-state index in [-0.39, 0.29) is 6.10 Å². The largest absolute Gasteiger partial charge is 0.379 e. The van der Waals surface area contributed by atoms with E-state index in [0.717, 1.165) is 26.2 Å². The van der Waals surface area contributed by atoms with E-state index in [1.165, 1.54) is 0 Å². The van der Waals surface area contributed by atoms with Crippen molar-refractivity contribution in [3.05, 3.63) is 0 Å². The Morgan fingerprint density at radius 3 is 2.50 bits per heavy atom. The molecule has 0 saturated heterocycles. The third-order valence-electron chi connectivity index (χ3n) is 2.17. The quantitative estimate of drug-likeness (QED) is 0.580. The molecule has 0 aromatic carbocycles. The van der Waals surface area contributed by atoms with Crippen molar-refractivity contribution < 1.29 is 9.47 Å². The van der Waals surface area contributed by atoms with Crippen molar-refractivity contribution in [3.63, 3.8) is 0 Å². The normalized spacial score (nSPS) is 15.4. The average Bonchev–Trinajstić information content (AvgIpc) is 2.21. The molecule has 0 spiro atoms. The van der Waals surface area contributed by atoms with Crippen molar-refractivity contribution in [2.24, 2.45) is 0 Å². The van der Waals surface area contributed by atoms with E-state index in [0.29, 0.717) is 12.6 Å². The highest BCUT2D eigenvalue weighted by molar-refractivity contribution is 4.57. The molecule has 3 heteroatoms. The lowest BCUT2D eigenvalue weighted by atomic mass is 10.3. The summed E-state index contributed by atoms with van der Waals surface area (Å²) < 4.78 is 10.8. The second kappa shape index (κ2) is 9.44. The number of hydrogen-bond donors (Lipinski definition) is 1. The molecular formula is C11H25NO2. The van der Waals surface area contributed by atoms with Crippen LogP contribution in [-0.2, 0) is 9.47 Å². The van der Waals surface area contributed by atoms with Gasteiger partial charge in [-0.3, -0.25) is 0 Å². The standard InChI is InChI=1S/C11H25NO2/c1-5-10(3)12-7-8-14-11(4)9-13-6-2/h10-12H,5-9H2,1-4H3. The number of ether oxygens (including phenoxy) is 2. The fourth-order valence-corrected chi connectivity index (χ4v) is 1.04. The van der Waals surface area contributed by atoms with Gasteiger partial charge in [0.05, 0.1) is 19.3 Å². The van der Waals surface area contributed by atoms with Gasteiger partial charge in [0.2, 0.25) is 0 Å². The van der Waals surface area contributed by atoms with Gasteiger partial charge >= 0.3 is 0 Å². The van der Waals surface area contributed by atoms with Crippen molar-refractivity contribution in [1.82, 2.24) is 5.32 Å². The Kier molecular flexibility index (Phi) is 9.35. The number of nitrogens with one attached hydrogen (secondary N) is 1. The summed E-state index contributed by atoms with van der Waals surface area (Å²) in [5, 5.41) is 3.38. The Labute approximate surface area is 88.2 Å². The molecule has 0 amide bonds. The van der Waals surface area contributed by atoms with Gasteiger partial charge < -0.3 is 14.8 Å². The van der Waals surface area contributed by atoms with E-state index in [4.69, 9.17) is 9.47 Å². The molecule has 86 valence electrons. The minimum Gasteiger partial charge on any atom is -0.379 e. The van der Waals surface area contributed by atoms with Crippen molar-refractivity contribution in [3.8, 4) is 0 Å². The van der Waals surface area contributed by atoms with Gasteiger partial charge in [-0.1, -0.05) is 6.92 Å². The summed E-state index contributed by atoms with van der Waals surface area (Å²) in [4.78, 5) is 0. The van der Waals surface area contributed by atoms with Crippen LogP contribution in [0.25, 0.3) is 0 Å². The third-order valence-corrected chi connectivity index (χ3v) is 2.17. The lowest BCUT2D eigenvalue weighted by Gasteiger charge is -2.15. The van der Waals surface area contributed by atoms with Crippen LogP contribution in [0.2, 0.25) is 0 Å². The highest BCUT2D eigenvalue weighted by Crippen LogP contribution is 1.92. The van der Waals surface area contributed by atoms with Crippen LogP contribution in [0.1, 0.15) is 34.1 Å². The summed E-state index contributed by atoms with van der Waals surface area (Å²) in [5.41, 5.74) is 0. The Bertz CT molecular complexity index is 120. The Balaban J connectivity index is 3.18. The smallest absolute Gasteiger partial charge is 0.0781 e. The zero-order valence-corrected chi connectivity index (χ0v) is 10.0. The molecule has 0 rings (SSSR count). The molecule has 0 saturated carbocycles. The molecular weight excluding hydrogens is 178 g/mol. The molecule has 3 nitrogen and oxygen atoms in total. The maximum Gasteiger partial charge on any atom is 0.0781 e. The molecule has 0 aromatic rings. The maximum atomic E-state index is 5.55. The molecule has 0 aromatic heterocycles. The lowest BCUT2D eigenvalue weighted by molar-refractivity contribution is -0.00235. The first-order valence-corrected chi connectivity index (χ1v) is 5.63. The molecule has 2 unspecified atom stereocenters. The van der Waals surface area contributed by atoms with Crippen LogP contribution in [0.15, 0.2) is 0 Å². The first-order valence-electron chi connectivity index (χ1n) is 5.63. The second-order valence-corrected chi connectivity index (χ2v) is 3.60. The minimum atomic E-state index is 0.202. The molecule has 0 aliphatic carbocycles. The summed E-state index contributed by atoms with van der Waals surface area (Å²) >= 11 is 0. The van der Waals surface area contributed by atoms with Crippen LogP contribution in [-0.4, -0.2) is 38.5 Å². The van der Waals surface area contributed by atoms with E-state index in [2.05, 4.69) is 19.2 Å². The SMILES string of the molecule is CCOCC(C)OCCNC(C)CC. The maximum absolute atomic E-state index is 5.55. The van der Waals surface area contributed by atoms with Crippen LogP contribution in [0.4, 0.5) is 0 Å². The van der Waals surface area contributed by atoms with Gasteiger partial charge in [0, 0.05) is 19.2 Å². The van der Waals surface area contributed by atoms with E-state index in [9.17, 15) is 0 Å². The third kappa shape index (κ3) is 8.48. The average molecular weight is 203 g/mol. The van der Waals surface area contributed by atoms with E-state index >= 15 is 0 Å². The molecule has 0 aliphatic heterocycles. The summed E-state index contributed by atoms with van der Waals surface area (Å²) in [6, 6.07) is 0.584. The summed E-state index contributed by atoms with van der Waals surface area (Å²) in [5.74, 6) is 0. The van der Waals surface area contributed by atoms with Crippen LogP contribution in [0.3, 0.4) is 0 Å². The summed E-state index contributed by atoms with van der Waals surface area (Å²) in [7, 11) is 0. The summed E-state index contributed by atoms with van der Waals surface area (Å²) in [6.07, 6.45) is 1.36. The monoisotopic (exact) mass is 203 g/mol. The predicted molar refractivity (Wildman–Crippen MR) is 59.7 cm³/mol. The molecule has 2 atom stereocenters. The minimum absolute atomic E-state index is 0.202. The predicted octanol–water partition coefficient (Wildman–Crippen LogP) is 1.82. The molecule has 14 heavy (non-hydrogen) atoms.